The molecule has 0 saturated heterocycles. The number of carbonyl (C=O) groups is 3. The Labute approximate surface area is 189 Å². The van der Waals surface area contributed by atoms with Crippen molar-refractivity contribution >= 4 is 56.5 Å². The number of anilines is 1. The summed E-state index contributed by atoms with van der Waals surface area (Å²) < 4.78 is 44.1. The highest BCUT2D eigenvalue weighted by atomic mass is 35.5. The van der Waals surface area contributed by atoms with Crippen molar-refractivity contribution in [2.24, 2.45) is 0 Å². The van der Waals surface area contributed by atoms with Crippen LogP contribution in [0.25, 0.3) is 10.1 Å². The number of alkyl halides is 3. The average Bonchev–Trinajstić information content (AvgIpc) is 3.08. The zero-order valence-electron chi connectivity index (χ0n) is 16.5. The van der Waals surface area contributed by atoms with Gasteiger partial charge in [0.15, 0.2) is 6.10 Å². The number of ether oxygens (including phenoxy) is 1. The highest BCUT2D eigenvalue weighted by Gasteiger charge is 2.30. The maximum atomic E-state index is 12.8. The van der Waals surface area contributed by atoms with Crippen molar-refractivity contribution in [3.63, 3.8) is 0 Å². The Morgan fingerprint density at radius 1 is 1.12 bits per heavy atom. The lowest BCUT2D eigenvalue weighted by Crippen LogP contribution is -2.35. The first-order valence-corrected chi connectivity index (χ1v) is 10.4. The Kier molecular flexibility index (Phi) is 7.05. The molecule has 1 aromatic heterocycles. The lowest BCUT2D eigenvalue weighted by Gasteiger charge is -2.15. The summed E-state index contributed by atoms with van der Waals surface area (Å²) >= 11 is 7.39. The van der Waals surface area contributed by atoms with Crippen molar-refractivity contribution in [3.8, 4) is 0 Å². The first-order valence-electron chi connectivity index (χ1n) is 9.19. The number of halogens is 4. The lowest BCUT2D eigenvalue weighted by atomic mass is 10.2. The number of rotatable bonds is 6. The van der Waals surface area contributed by atoms with Crippen LogP contribution in [0.15, 0.2) is 48.5 Å². The van der Waals surface area contributed by atoms with Gasteiger partial charge in [-0.2, -0.15) is 13.2 Å². The monoisotopic (exact) mass is 484 g/mol. The molecule has 2 amide bonds. The summed E-state index contributed by atoms with van der Waals surface area (Å²) in [6, 6.07) is 11.2. The summed E-state index contributed by atoms with van der Waals surface area (Å²) in [6.45, 7) is 0.732. The molecule has 3 aromatic rings. The molecule has 0 saturated carbocycles. The number of fused-ring (bicyclic) bond motifs is 1. The lowest BCUT2D eigenvalue weighted by molar-refractivity contribution is -0.152. The molecule has 2 N–H and O–H groups in total. The molecular formula is C21H16ClF3N2O4S. The second-order valence-electron chi connectivity index (χ2n) is 6.62. The van der Waals surface area contributed by atoms with Gasteiger partial charge in [-0.1, -0.05) is 35.9 Å². The van der Waals surface area contributed by atoms with Crippen molar-refractivity contribution in [2.45, 2.75) is 19.2 Å². The van der Waals surface area contributed by atoms with E-state index in [4.69, 9.17) is 16.3 Å². The van der Waals surface area contributed by atoms with E-state index in [9.17, 15) is 27.6 Å². The van der Waals surface area contributed by atoms with E-state index in [-0.39, 0.29) is 15.6 Å². The Balaban J connectivity index is 1.53. The van der Waals surface area contributed by atoms with Crippen LogP contribution in [0, 0.1) is 0 Å². The topological polar surface area (TPSA) is 84.5 Å². The third kappa shape index (κ3) is 5.57. The molecule has 0 aliphatic rings. The molecule has 0 radical (unpaired) electrons. The summed E-state index contributed by atoms with van der Waals surface area (Å²) in [6.07, 6.45) is -5.87. The SMILES string of the molecule is CC(OC(=O)CNC(=O)c1sc2ccccc2c1Cl)C(=O)Nc1cccc(C(F)(F)F)c1. The second kappa shape index (κ2) is 9.58. The zero-order valence-corrected chi connectivity index (χ0v) is 18.0. The molecule has 0 fully saturated rings. The van der Waals surface area contributed by atoms with E-state index in [0.29, 0.717) is 5.39 Å². The van der Waals surface area contributed by atoms with Crippen LogP contribution < -0.4 is 10.6 Å². The number of hydrogen-bond donors (Lipinski definition) is 2. The number of carbonyl (C=O) groups excluding carboxylic acids is 3. The smallest absolute Gasteiger partial charge is 0.416 e. The number of amides is 2. The van der Waals surface area contributed by atoms with Gasteiger partial charge in [0.2, 0.25) is 0 Å². The Hall–Kier alpha value is -3.11. The molecule has 6 nitrogen and oxygen atoms in total. The Bertz CT molecular complexity index is 1180. The summed E-state index contributed by atoms with van der Waals surface area (Å²) in [7, 11) is 0. The Morgan fingerprint density at radius 2 is 1.84 bits per heavy atom. The number of nitrogens with one attached hydrogen (secondary N) is 2. The van der Waals surface area contributed by atoms with Gasteiger partial charge in [0.05, 0.1) is 10.6 Å². The van der Waals surface area contributed by atoms with E-state index in [2.05, 4.69) is 10.6 Å². The van der Waals surface area contributed by atoms with E-state index in [1.165, 1.54) is 24.3 Å². The maximum Gasteiger partial charge on any atom is 0.416 e. The fourth-order valence-electron chi connectivity index (χ4n) is 2.70. The summed E-state index contributed by atoms with van der Waals surface area (Å²) in [4.78, 5) is 36.7. The molecule has 168 valence electrons. The van der Waals surface area contributed by atoms with E-state index < -0.39 is 42.2 Å². The van der Waals surface area contributed by atoms with Crippen LogP contribution in [-0.4, -0.2) is 30.4 Å². The third-order valence-corrected chi connectivity index (χ3v) is 5.94. The van der Waals surface area contributed by atoms with Crippen LogP contribution in [0.5, 0.6) is 0 Å². The minimum absolute atomic E-state index is 0.0968. The molecule has 0 aliphatic heterocycles. The van der Waals surface area contributed by atoms with Gasteiger partial charge < -0.3 is 15.4 Å². The van der Waals surface area contributed by atoms with Gasteiger partial charge in [0.25, 0.3) is 11.8 Å². The van der Waals surface area contributed by atoms with Crippen molar-refractivity contribution in [2.75, 3.05) is 11.9 Å². The number of thiophene rings is 1. The van der Waals surface area contributed by atoms with Crippen LogP contribution in [0.4, 0.5) is 18.9 Å². The maximum absolute atomic E-state index is 12.8. The average molecular weight is 485 g/mol. The molecule has 3 rings (SSSR count). The van der Waals surface area contributed by atoms with E-state index >= 15 is 0 Å². The Morgan fingerprint density at radius 3 is 2.53 bits per heavy atom. The van der Waals surface area contributed by atoms with Crippen molar-refractivity contribution < 1.29 is 32.3 Å². The molecule has 11 heteroatoms. The van der Waals surface area contributed by atoms with E-state index in [1.807, 2.05) is 6.07 Å². The third-order valence-electron chi connectivity index (χ3n) is 4.27. The van der Waals surface area contributed by atoms with Crippen molar-refractivity contribution in [1.29, 1.82) is 0 Å². The molecule has 2 aromatic carbocycles. The largest absolute Gasteiger partial charge is 0.451 e. The first-order chi connectivity index (χ1) is 15.1. The van der Waals surface area contributed by atoms with Crippen LogP contribution in [0.1, 0.15) is 22.2 Å². The minimum atomic E-state index is -4.56. The zero-order chi connectivity index (χ0) is 23.5. The highest BCUT2D eigenvalue weighted by Crippen LogP contribution is 2.35. The number of hydrogen-bond acceptors (Lipinski definition) is 5. The molecule has 1 atom stereocenters. The normalized spacial score (nSPS) is 12.3. The van der Waals surface area contributed by atoms with Gasteiger partial charge in [0, 0.05) is 15.8 Å². The van der Waals surface area contributed by atoms with Crippen molar-refractivity contribution in [1.82, 2.24) is 5.32 Å². The van der Waals surface area contributed by atoms with E-state index in [0.717, 1.165) is 22.9 Å². The quantitative estimate of drug-likeness (QED) is 0.489. The standard InChI is InChI=1S/C21H16ClF3N2O4S/c1-11(19(29)27-13-6-4-5-12(9-13)21(23,24)25)31-16(28)10-26-20(30)18-17(22)14-7-2-3-8-15(14)32-18/h2-9,11H,10H2,1H3,(H,26,30)(H,27,29). The van der Waals surface area contributed by atoms with Crippen molar-refractivity contribution in [3.05, 3.63) is 64.0 Å². The summed E-state index contributed by atoms with van der Waals surface area (Å²) in [5.74, 6) is -2.30. The summed E-state index contributed by atoms with van der Waals surface area (Å²) in [5, 5.41) is 5.61. The first kappa shape index (κ1) is 23.6. The number of esters is 1. The predicted molar refractivity (Wildman–Crippen MR) is 115 cm³/mol. The molecule has 32 heavy (non-hydrogen) atoms. The van der Waals surface area contributed by atoms with Gasteiger partial charge in [-0.3, -0.25) is 14.4 Å². The minimum Gasteiger partial charge on any atom is -0.451 e. The van der Waals surface area contributed by atoms with Gasteiger partial charge in [-0.05, 0) is 31.2 Å². The molecule has 0 bridgehead atoms. The van der Waals surface area contributed by atoms with Gasteiger partial charge in [-0.15, -0.1) is 11.3 Å². The van der Waals surface area contributed by atoms with E-state index in [1.54, 1.807) is 18.2 Å². The molecule has 1 unspecified atom stereocenters. The van der Waals surface area contributed by atoms with Gasteiger partial charge in [0.1, 0.15) is 11.4 Å². The predicted octanol–water partition coefficient (Wildman–Crippen LogP) is 4.87. The molecule has 0 aliphatic carbocycles. The highest BCUT2D eigenvalue weighted by molar-refractivity contribution is 7.21. The van der Waals surface area contributed by atoms with Gasteiger partial charge >= 0.3 is 12.1 Å². The fraction of sp³-hybridized carbons (Fsp3) is 0.190. The van der Waals surface area contributed by atoms with Crippen LogP contribution in [-0.2, 0) is 20.5 Å². The molecular weight excluding hydrogens is 469 g/mol. The van der Waals surface area contributed by atoms with Crippen LogP contribution >= 0.6 is 22.9 Å². The number of benzene rings is 2. The second-order valence-corrected chi connectivity index (χ2v) is 8.05. The van der Waals surface area contributed by atoms with Crippen LogP contribution in [0.3, 0.4) is 0 Å². The molecule has 0 spiro atoms. The van der Waals surface area contributed by atoms with Gasteiger partial charge in [-0.25, -0.2) is 0 Å². The fourth-order valence-corrected chi connectivity index (χ4v) is 4.14. The summed E-state index contributed by atoms with van der Waals surface area (Å²) in [5.41, 5.74) is -1.03. The van der Waals surface area contributed by atoms with Crippen LogP contribution in [0.2, 0.25) is 5.02 Å². The molecule has 1 heterocycles.